The quantitative estimate of drug-likeness (QED) is 0.899. The molecule has 112 valence electrons. The van der Waals surface area contributed by atoms with E-state index in [1.807, 2.05) is 4.57 Å². The number of nitrogen functional groups attached to an aromatic ring is 1. The van der Waals surface area contributed by atoms with Crippen LogP contribution in [0.15, 0.2) is 24.3 Å². The summed E-state index contributed by atoms with van der Waals surface area (Å²) < 4.78 is 27.7. The molecule has 1 fully saturated rings. The van der Waals surface area contributed by atoms with E-state index in [1.54, 1.807) is 12.1 Å². The van der Waals surface area contributed by atoms with Gasteiger partial charge in [0.15, 0.2) is 0 Å². The van der Waals surface area contributed by atoms with E-state index in [1.165, 1.54) is 12.1 Å². The van der Waals surface area contributed by atoms with Gasteiger partial charge in [0, 0.05) is 23.1 Å². The topological polar surface area (TPSA) is 43.8 Å². The summed E-state index contributed by atoms with van der Waals surface area (Å²) in [5, 5.41) is 0. The summed E-state index contributed by atoms with van der Waals surface area (Å²) in [4.78, 5) is 4.66. The van der Waals surface area contributed by atoms with Crippen molar-refractivity contribution < 1.29 is 8.78 Å². The van der Waals surface area contributed by atoms with Crippen molar-refractivity contribution in [1.29, 1.82) is 0 Å². The average Bonchev–Trinajstić information content (AvgIpc) is 3.22. The molecular formula is C16H19F2N3. The van der Waals surface area contributed by atoms with Crippen molar-refractivity contribution in [2.24, 2.45) is 0 Å². The highest BCUT2D eigenvalue weighted by molar-refractivity contribution is 5.72. The maximum Gasteiger partial charge on any atom is 0.263 e. The fourth-order valence-electron chi connectivity index (χ4n) is 2.67. The zero-order valence-corrected chi connectivity index (χ0v) is 12.2. The number of hydrogen-bond donors (Lipinski definition) is 1. The molecule has 1 heterocycles. The van der Waals surface area contributed by atoms with Crippen molar-refractivity contribution in [2.45, 2.75) is 45.1 Å². The lowest BCUT2D eigenvalue weighted by molar-refractivity contribution is 0.151. The van der Waals surface area contributed by atoms with Crippen molar-refractivity contribution in [3.63, 3.8) is 0 Å². The Balaban J connectivity index is 2.10. The second kappa shape index (κ2) is 5.13. The van der Waals surface area contributed by atoms with Crippen LogP contribution in [0.3, 0.4) is 0 Å². The molecule has 2 N–H and O–H groups in total. The first-order valence-electron chi connectivity index (χ1n) is 7.25. The molecule has 2 aromatic rings. The molecule has 1 aliphatic rings. The first-order chi connectivity index (χ1) is 9.99. The molecule has 0 atom stereocenters. The van der Waals surface area contributed by atoms with Crippen molar-refractivity contribution >= 4 is 5.82 Å². The standard InChI is InChI=1S/C16H19F2N3/c1-9(2)21-15(19)13(20-16(21)10-6-7-10)11-4-3-5-12(8-11)14(17)18/h3-5,8-10,14H,6-7,19H2,1-2H3. The fraction of sp³-hybridized carbons (Fsp3) is 0.438. The molecule has 0 amide bonds. The van der Waals surface area contributed by atoms with Gasteiger partial charge in [0.25, 0.3) is 6.43 Å². The van der Waals surface area contributed by atoms with Crippen molar-refractivity contribution in [1.82, 2.24) is 9.55 Å². The number of nitrogens with zero attached hydrogens (tertiary/aromatic N) is 2. The van der Waals surface area contributed by atoms with Gasteiger partial charge >= 0.3 is 0 Å². The van der Waals surface area contributed by atoms with Crippen LogP contribution in [0, 0.1) is 0 Å². The highest BCUT2D eigenvalue weighted by atomic mass is 19.3. The molecule has 1 aromatic carbocycles. The third kappa shape index (κ3) is 2.52. The molecule has 0 unspecified atom stereocenters. The molecular weight excluding hydrogens is 272 g/mol. The first kappa shape index (κ1) is 14.0. The van der Waals surface area contributed by atoms with Gasteiger partial charge in [-0.3, -0.25) is 0 Å². The van der Waals surface area contributed by atoms with Gasteiger partial charge in [-0.2, -0.15) is 0 Å². The molecule has 21 heavy (non-hydrogen) atoms. The number of imidazole rings is 1. The Kier molecular flexibility index (Phi) is 3.43. The SMILES string of the molecule is CC(C)n1c(C2CC2)nc(-c2cccc(C(F)F)c2)c1N. The van der Waals surface area contributed by atoms with Gasteiger partial charge in [0.05, 0.1) is 0 Å². The van der Waals surface area contributed by atoms with Crippen molar-refractivity contribution in [3.05, 3.63) is 35.7 Å². The van der Waals surface area contributed by atoms with Gasteiger partial charge < -0.3 is 10.3 Å². The molecule has 0 radical (unpaired) electrons. The summed E-state index contributed by atoms with van der Waals surface area (Å²) in [5.74, 6) is 2.01. The number of anilines is 1. The van der Waals surface area contributed by atoms with E-state index in [9.17, 15) is 8.78 Å². The third-order valence-electron chi connectivity index (χ3n) is 3.85. The Morgan fingerprint density at radius 1 is 1.29 bits per heavy atom. The maximum atomic E-state index is 12.9. The van der Waals surface area contributed by atoms with Crippen LogP contribution in [-0.4, -0.2) is 9.55 Å². The monoisotopic (exact) mass is 291 g/mol. The number of benzene rings is 1. The minimum Gasteiger partial charge on any atom is -0.383 e. The minimum atomic E-state index is -2.48. The lowest BCUT2D eigenvalue weighted by Gasteiger charge is -2.13. The second-order valence-corrected chi connectivity index (χ2v) is 5.87. The van der Waals surface area contributed by atoms with Crippen molar-refractivity contribution in [3.8, 4) is 11.3 Å². The molecule has 1 aromatic heterocycles. The zero-order chi connectivity index (χ0) is 15.1. The molecule has 0 saturated heterocycles. The smallest absolute Gasteiger partial charge is 0.263 e. The lowest BCUT2D eigenvalue weighted by Crippen LogP contribution is -2.08. The lowest BCUT2D eigenvalue weighted by atomic mass is 10.1. The summed E-state index contributed by atoms with van der Waals surface area (Å²) in [6.07, 6.45) is -0.236. The molecule has 0 spiro atoms. The number of alkyl halides is 2. The van der Waals surface area contributed by atoms with Gasteiger partial charge in [-0.15, -0.1) is 0 Å². The van der Waals surface area contributed by atoms with E-state index < -0.39 is 6.43 Å². The van der Waals surface area contributed by atoms with Gasteiger partial charge in [-0.05, 0) is 32.8 Å². The van der Waals surface area contributed by atoms with Crippen LogP contribution in [0.1, 0.15) is 56.5 Å². The summed E-state index contributed by atoms with van der Waals surface area (Å²) in [6.45, 7) is 4.12. The Bertz CT molecular complexity index is 658. The summed E-state index contributed by atoms with van der Waals surface area (Å²) in [5.41, 5.74) is 7.52. The number of rotatable bonds is 4. The van der Waals surface area contributed by atoms with Crippen LogP contribution < -0.4 is 5.73 Å². The first-order valence-corrected chi connectivity index (χ1v) is 7.25. The van der Waals surface area contributed by atoms with Gasteiger partial charge in [0.2, 0.25) is 0 Å². The molecule has 5 heteroatoms. The second-order valence-electron chi connectivity index (χ2n) is 5.87. The van der Waals surface area contributed by atoms with E-state index in [2.05, 4.69) is 18.8 Å². The van der Waals surface area contributed by atoms with E-state index in [0.717, 1.165) is 18.7 Å². The highest BCUT2D eigenvalue weighted by Gasteiger charge is 2.31. The third-order valence-corrected chi connectivity index (χ3v) is 3.85. The molecule has 0 bridgehead atoms. The Hall–Kier alpha value is -1.91. The normalized spacial score (nSPS) is 15.1. The van der Waals surface area contributed by atoms with Crippen LogP contribution >= 0.6 is 0 Å². The largest absolute Gasteiger partial charge is 0.383 e. The number of hydrogen-bond acceptors (Lipinski definition) is 2. The summed E-state index contributed by atoms with van der Waals surface area (Å²) >= 11 is 0. The number of aromatic nitrogens is 2. The van der Waals surface area contributed by atoms with E-state index in [-0.39, 0.29) is 11.6 Å². The minimum absolute atomic E-state index is 0.000955. The van der Waals surface area contributed by atoms with Crippen LogP contribution in [0.2, 0.25) is 0 Å². The van der Waals surface area contributed by atoms with Gasteiger partial charge in [-0.1, -0.05) is 18.2 Å². The van der Waals surface area contributed by atoms with E-state index in [4.69, 9.17) is 5.73 Å². The Morgan fingerprint density at radius 3 is 2.57 bits per heavy atom. The highest BCUT2D eigenvalue weighted by Crippen LogP contribution is 2.43. The summed E-state index contributed by atoms with van der Waals surface area (Å²) in [6, 6.07) is 6.52. The van der Waals surface area contributed by atoms with Crippen LogP contribution in [0.25, 0.3) is 11.3 Å². The average molecular weight is 291 g/mol. The molecule has 3 rings (SSSR count). The van der Waals surface area contributed by atoms with E-state index in [0.29, 0.717) is 23.0 Å². The molecule has 1 saturated carbocycles. The number of nitrogens with two attached hydrogens (primary N) is 1. The molecule has 3 nitrogen and oxygen atoms in total. The van der Waals surface area contributed by atoms with Gasteiger partial charge in [0.1, 0.15) is 17.3 Å². The Morgan fingerprint density at radius 2 is 2.00 bits per heavy atom. The van der Waals surface area contributed by atoms with Crippen LogP contribution in [-0.2, 0) is 0 Å². The Labute approximate surface area is 122 Å². The van der Waals surface area contributed by atoms with Crippen LogP contribution in [0.4, 0.5) is 14.6 Å². The molecule has 1 aliphatic carbocycles. The fourth-order valence-corrected chi connectivity index (χ4v) is 2.67. The number of halogens is 2. The predicted molar refractivity (Wildman–Crippen MR) is 79.4 cm³/mol. The maximum absolute atomic E-state index is 12.9. The zero-order valence-electron chi connectivity index (χ0n) is 12.2. The van der Waals surface area contributed by atoms with Crippen molar-refractivity contribution in [2.75, 3.05) is 5.73 Å². The van der Waals surface area contributed by atoms with Crippen LogP contribution in [0.5, 0.6) is 0 Å². The predicted octanol–water partition coefficient (Wildman–Crippen LogP) is 4.53. The van der Waals surface area contributed by atoms with E-state index >= 15 is 0 Å². The molecule has 0 aliphatic heterocycles. The summed E-state index contributed by atoms with van der Waals surface area (Å²) in [7, 11) is 0. The van der Waals surface area contributed by atoms with Gasteiger partial charge in [-0.25, -0.2) is 13.8 Å².